The van der Waals surface area contributed by atoms with Crippen molar-refractivity contribution in [1.82, 2.24) is 9.13 Å². The van der Waals surface area contributed by atoms with Crippen LogP contribution in [0.2, 0.25) is 0 Å². The van der Waals surface area contributed by atoms with Crippen LogP contribution in [0.4, 0.5) is 17.1 Å². The minimum Gasteiger partial charge on any atom is -0.310 e. The smallest absolute Gasteiger partial charge is 0.247 e. The minimum atomic E-state index is -0.499. The Hall–Kier alpha value is -14.8. The summed E-state index contributed by atoms with van der Waals surface area (Å²) in [5.41, 5.74) is 37.8. The average Bonchev–Trinajstić information content (AvgIpc) is 0.924. The molecule has 0 radical (unpaired) electrons. The molecule has 123 heavy (non-hydrogen) atoms. The number of para-hydroxylation sites is 4. The molecule has 0 N–H and O–H groups in total. The van der Waals surface area contributed by atoms with Crippen molar-refractivity contribution in [3.63, 3.8) is 0 Å². The zero-order chi connectivity index (χ0) is 83.7. The lowest BCUT2D eigenvalue weighted by Gasteiger charge is -2.45. The molecule has 0 fully saturated rings. The van der Waals surface area contributed by atoms with Crippen LogP contribution in [0.25, 0.3) is 144 Å². The van der Waals surface area contributed by atoms with Crippen LogP contribution >= 0.6 is 0 Å². The van der Waals surface area contributed by atoms with Crippen molar-refractivity contribution in [2.75, 3.05) is 4.90 Å². The van der Waals surface area contributed by atoms with Gasteiger partial charge in [-0.1, -0.05) is 329 Å². The van der Waals surface area contributed by atoms with Crippen LogP contribution < -0.4 is 21.3 Å². The Morgan fingerprint density at radius 3 is 1.08 bits per heavy atom. The molecule has 2 aliphatic heterocycles. The van der Waals surface area contributed by atoms with Gasteiger partial charge < -0.3 is 14.0 Å². The molecule has 0 amide bonds. The van der Waals surface area contributed by atoms with Crippen molar-refractivity contribution in [3.8, 4) is 113 Å². The maximum absolute atomic E-state index is 11.2. The number of benzene rings is 17. The molecule has 0 saturated carbocycles. The Labute approximate surface area is 721 Å². The quantitative estimate of drug-likeness (QED) is 0.115. The second kappa shape index (κ2) is 29.6. The van der Waals surface area contributed by atoms with Gasteiger partial charge in [0.15, 0.2) is 0 Å². The second-order valence-electron chi connectivity index (χ2n) is 36.6. The summed E-state index contributed by atoms with van der Waals surface area (Å²) in [4.78, 5) is 2.68. The van der Waals surface area contributed by atoms with Gasteiger partial charge >= 0.3 is 0 Å². The maximum atomic E-state index is 11.2. The second-order valence-corrected chi connectivity index (χ2v) is 36.6. The molecule has 0 spiro atoms. The van der Waals surface area contributed by atoms with Gasteiger partial charge in [0.25, 0.3) is 0 Å². The van der Waals surface area contributed by atoms with E-state index in [1.165, 1.54) is 60.3 Å². The van der Waals surface area contributed by atoms with E-state index in [2.05, 4.69) is 452 Å². The number of nitrogens with zero attached hydrogens (tertiary/aromatic N) is 5. The molecule has 0 aliphatic carbocycles. The summed E-state index contributed by atoms with van der Waals surface area (Å²) in [7, 11) is 0. The van der Waals surface area contributed by atoms with E-state index in [1.54, 1.807) is 0 Å². The molecule has 19 aromatic rings. The molecule has 6 heteroatoms. The summed E-state index contributed by atoms with van der Waals surface area (Å²) >= 11 is 0. The number of rotatable bonds is 12. The number of anilines is 3. The fraction of sp³-hybridized carbons (Fsp3) is 0.111. The van der Waals surface area contributed by atoms with E-state index in [0.29, 0.717) is 11.1 Å². The highest BCUT2D eigenvalue weighted by Gasteiger charge is 2.47. The molecule has 586 valence electrons. The van der Waals surface area contributed by atoms with Gasteiger partial charge in [0.2, 0.25) is 6.71 Å². The Morgan fingerprint density at radius 2 is 0.634 bits per heavy atom. The Bertz CT molecular complexity index is 7030. The zero-order valence-electron chi connectivity index (χ0n) is 70.7. The van der Waals surface area contributed by atoms with E-state index in [4.69, 9.17) is 0 Å². The predicted octanol–water partition coefficient (Wildman–Crippen LogP) is 28.6. The van der Waals surface area contributed by atoms with Gasteiger partial charge in [-0.15, -0.1) is 0 Å². The first-order valence-electron chi connectivity index (χ1n) is 42.9. The molecular formula is C117H90BN5. The highest BCUT2D eigenvalue weighted by atomic mass is 15.2. The third-order valence-corrected chi connectivity index (χ3v) is 26.0. The first-order chi connectivity index (χ1) is 59.8. The Kier molecular flexibility index (Phi) is 18.2. The van der Waals surface area contributed by atoms with E-state index >= 15 is 0 Å². The SMILES string of the molecule is CC(C)(C)c1ccc(-c2cc(-c3cccc(C#N)c3)c(C3c4cc(-n5c6ccccc6c6ccccc65)ccc4B4c5ccc(-n6c7ccccc7c7ccccc76)cc5N(c5c(-c6cccc(C#N)c6)cc(-c6ccc(C(C)(C)C)cc6)cc5-c5cccc(-c6ccccc6)c5)c5cc(C(C)(C)C)cc3c54)c(-c3cccc(-c4ccccc4)c3)c2)cc1. The highest BCUT2D eigenvalue weighted by Crippen LogP contribution is 2.56. The number of hydrogen-bond acceptors (Lipinski definition) is 3. The molecular weight excluding hydrogens is 1490 g/mol. The molecule has 2 aliphatic rings. The molecule has 17 aromatic carbocycles. The van der Waals surface area contributed by atoms with Gasteiger partial charge in [0, 0.05) is 61.3 Å². The fourth-order valence-electron chi connectivity index (χ4n) is 19.8. The van der Waals surface area contributed by atoms with Crippen molar-refractivity contribution in [2.45, 2.75) is 84.5 Å². The lowest BCUT2D eigenvalue weighted by Crippen LogP contribution is -2.62. The Balaban J connectivity index is 0.953. The van der Waals surface area contributed by atoms with Gasteiger partial charge in [0.05, 0.1) is 51.0 Å². The van der Waals surface area contributed by atoms with Crippen molar-refractivity contribution in [2.24, 2.45) is 0 Å². The van der Waals surface area contributed by atoms with E-state index in [0.717, 1.165) is 151 Å². The number of hydrogen-bond donors (Lipinski definition) is 0. The van der Waals surface area contributed by atoms with Gasteiger partial charge in [-0.3, -0.25) is 0 Å². The third-order valence-electron chi connectivity index (χ3n) is 26.0. The summed E-state index contributed by atoms with van der Waals surface area (Å²) in [5, 5.41) is 27.2. The van der Waals surface area contributed by atoms with Crippen LogP contribution in [0.1, 0.15) is 113 Å². The van der Waals surface area contributed by atoms with Crippen LogP contribution in [0.5, 0.6) is 0 Å². The van der Waals surface area contributed by atoms with Gasteiger partial charge in [-0.2, -0.15) is 10.5 Å². The number of nitriles is 2. The molecule has 2 aromatic heterocycles. The fourth-order valence-corrected chi connectivity index (χ4v) is 19.8. The monoisotopic (exact) mass is 1580 g/mol. The summed E-state index contributed by atoms with van der Waals surface area (Å²) in [5.74, 6) is -0.499. The van der Waals surface area contributed by atoms with E-state index in [9.17, 15) is 10.5 Å². The first-order valence-corrected chi connectivity index (χ1v) is 42.9. The highest BCUT2D eigenvalue weighted by molar-refractivity contribution is 6.99. The van der Waals surface area contributed by atoms with Gasteiger partial charge in [-0.05, 0) is 254 Å². The van der Waals surface area contributed by atoms with Crippen molar-refractivity contribution in [3.05, 3.63) is 421 Å². The topological polar surface area (TPSA) is 60.7 Å². The van der Waals surface area contributed by atoms with Gasteiger partial charge in [-0.25, -0.2) is 0 Å². The van der Waals surface area contributed by atoms with Crippen LogP contribution in [-0.4, -0.2) is 15.8 Å². The van der Waals surface area contributed by atoms with Gasteiger partial charge in [0.1, 0.15) is 0 Å². The van der Waals surface area contributed by atoms with Crippen LogP contribution in [-0.2, 0) is 16.2 Å². The zero-order valence-corrected chi connectivity index (χ0v) is 70.7. The van der Waals surface area contributed by atoms with E-state index in [1.807, 2.05) is 12.1 Å². The molecule has 5 nitrogen and oxygen atoms in total. The average molecular weight is 1580 g/mol. The first kappa shape index (κ1) is 75.6. The van der Waals surface area contributed by atoms with Crippen LogP contribution in [0, 0.1) is 22.7 Å². The molecule has 0 bridgehead atoms. The number of fused-ring (bicyclic) bond motifs is 10. The molecule has 1 atom stereocenters. The minimum absolute atomic E-state index is 0.0779. The van der Waals surface area contributed by atoms with E-state index in [-0.39, 0.29) is 17.5 Å². The molecule has 0 saturated heterocycles. The molecule has 1 unspecified atom stereocenters. The normalized spacial score (nSPS) is 13.1. The Morgan fingerprint density at radius 1 is 0.268 bits per heavy atom. The predicted molar refractivity (Wildman–Crippen MR) is 517 cm³/mol. The largest absolute Gasteiger partial charge is 0.310 e. The lowest BCUT2D eigenvalue weighted by molar-refractivity contribution is 0.589. The number of aromatic nitrogens is 2. The van der Waals surface area contributed by atoms with Crippen LogP contribution in [0.15, 0.2) is 376 Å². The van der Waals surface area contributed by atoms with Crippen molar-refractivity contribution < 1.29 is 0 Å². The summed E-state index contributed by atoms with van der Waals surface area (Å²) in [6.45, 7) is 20.5. The summed E-state index contributed by atoms with van der Waals surface area (Å²) in [6, 6.07) is 145. The lowest BCUT2D eigenvalue weighted by atomic mass is 9.31. The standard InChI is InChI=1S/C117H90BN5/c1-115(2,3)88-52-48-78(49-53-88)86-64-97(82-36-24-28-74(60-82)72-119)111(98(65-86)84-38-26-34-80(62-84)76-30-12-10-13-31-76)112-101-70-91(121-105-44-20-16-40-93(105)94-41-17-21-45-106(94)121)56-58-103(101)118-104-59-57-92(122-107-46-22-18-42-95(107)96-43-19-23-47-108(96)122)71-109(104)123(110-69-90(117(7,8)9)68-102(112)113(110)118)114-99(83-37-25-29-75(61-83)73-120)66-87(79-50-54-89(55-51-79)116(4,5)6)67-100(114)85-39-27-35-81(63-85)77-32-14-11-15-33-77/h10-71,112H,1-9H3. The van der Waals surface area contributed by atoms with Crippen molar-refractivity contribution in [1.29, 1.82) is 10.5 Å². The third kappa shape index (κ3) is 13.1. The van der Waals surface area contributed by atoms with E-state index < -0.39 is 11.3 Å². The maximum Gasteiger partial charge on any atom is 0.247 e. The summed E-state index contributed by atoms with van der Waals surface area (Å²) in [6.07, 6.45) is 0. The van der Waals surface area contributed by atoms with Crippen LogP contribution in [0.3, 0.4) is 0 Å². The van der Waals surface area contributed by atoms with Crippen molar-refractivity contribution >= 4 is 83.8 Å². The summed E-state index contributed by atoms with van der Waals surface area (Å²) < 4.78 is 4.97. The molecule has 21 rings (SSSR count). The molecule has 4 heterocycles.